The molecule has 30 heavy (non-hydrogen) atoms. The second-order valence-corrected chi connectivity index (χ2v) is 9.16. The Morgan fingerprint density at radius 3 is 2.63 bits per heavy atom. The van der Waals surface area contributed by atoms with Crippen molar-refractivity contribution in [1.29, 1.82) is 0 Å². The summed E-state index contributed by atoms with van der Waals surface area (Å²) in [6.45, 7) is 3.07. The minimum atomic E-state index is -1.04. The monoisotopic (exact) mass is 494 g/mol. The van der Waals surface area contributed by atoms with Gasteiger partial charge in [-0.3, -0.25) is 4.79 Å². The third kappa shape index (κ3) is 3.62. The van der Waals surface area contributed by atoms with Crippen molar-refractivity contribution in [1.82, 2.24) is 30.4 Å². The van der Waals surface area contributed by atoms with E-state index in [-0.39, 0.29) is 18.2 Å². The van der Waals surface area contributed by atoms with Gasteiger partial charge in [0.25, 0.3) is 0 Å². The van der Waals surface area contributed by atoms with E-state index in [1.54, 1.807) is 12.1 Å². The van der Waals surface area contributed by atoms with E-state index in [0.717, 1.165) is 46.3 Å². The minimum Gasteiger partial charge on any atom is -0.480 e. The molecule has 2 fully saturated rings. The van der Waals surface area contributed by atoms with Crippen LogP contribution in [0.1, 0.15) is 0 Å². The second-order valence-electron chi connectivity index (χ2n) is 7.35. The molecule has 2 aliphatic heterocycles. The summed E-state index contributed by atoms with van der Waals surface area (Å²) in [6.07, 6.45) is 0. The van der Waals surface area contributed by atoms with Crippen LogP contribution in [0.5, 0.6) is 0 Å². The van der Waals surface area contributed by atoms with E-state index in [9.17, 15) is 9.18 Å². The van der Waals surface area contributed by atoms with Gasteiger partial charge in [0.2, 0.25) is 11.0 Å². The van der Waals surface area contributed by atoms with E-state index in [1.807, 2.05) is 0 Å². The molecule has 0 spiro atoms. The normalized spacial score (nSPS) is 20.7. The fourth-order valence-electron chi connectivity index (χ4n) is 4.02. The van der Waals surface area contributed by atoms with E-state index < -0.39 is 5.97 Å². The van der Waals surface area contributed by atoms with Crippen molar-refractivity contribution < 1.29 is 14.3 Å². The first-order valence-corrected chi connectivity index (χ1v) is 10.9. The third-order valence-electron chi connectivity index (χ3n) is 5.34. The highest BCUT2D eigenvalue weighted by atomic mass is 79.9. The molecule has 2 aliphatic rings. The minimum absolute atomic E-state index is 0.234. The summed E-state index contributed by atoms with van der Waals surface area (Å²) in [7, 11) is 0. The van der Waals surface area contributed by atoms with Crippen LogP contribution >= 0.6 is 27.3 Å². The Morgan fingerprint density at radius 2 is 1.90 bits per heavy atom. The average Bonchev–Trinajstić information content (AvgIpc) is 3.44. The molecular weight excluding hydrogens is 479 g/mol. The Labute approximate surface area is 182 Å². The third-order valence-corrected chi connectivity index (χ3v) is 6.99. The van der Waals surface area contributed by atoms with Crippen molar-refractivity contribution in [2.75, 3.05) is 36.0 Å². The molecule has 0 saturated carbocycles. The number of carbonyl (C=O) groups is 1. The molecule has 5 rings (SSSR count). The molecule has 13 heteroatoms. The molecule has 1 N–H and O–H groups in total. The van der Waals surface area contributed by atoms with E-state index in [0.29, 0.717) is 16.8 Å². The van der Waals surface area contributed by atoms with Crippen LogP contribution in [-0.2, 0) is 11.3 Å². The first-order chi connectivity index (χ1) is 14.5. The number of carboxylic acids is 1. The van der Waals surface area contributed by atoms with Gasteiger partial charge >= 0.3 is 5.97 Å². The number of aliphatic carboxylic acids is 1. The molecule has 0 aliphatic carbocycles. The predicted molar refractivity (Wildman–Crippen MR) is 110 cm³/mol. The maximum absolute atomic E-state index is 13.7. The Hall–Kier alpha value is -2.67. The molecule has 1 aromatic carbocycles. The maximum Gasteiger partial charge on any atom is 0.327 e. The van der Waals surface area contributed by atoms with Crippen molar-refractivity contribution in [3.8, 4) is 10.8 Å². The second kappa shape index (κ2) is 7.54. The SMILES string of the molecule is O=C(O)Cn1nnc(-c2nnc(N3CC4CN(c5cc(F)ccc5Br)CC4C3)s2)n1. The number of hydrogen-bond donors (Lipinski definition) is 1. The van der Waals surface area contributed by atoms with Gasteiger partial charge in [0.05, 0.1) is 5.69 Å². The topological polar surface area (TPSA) is 113 Å². The van der Waals surface area contributed by atoms with Gasteiger partial charge < -0.3 is 14.9 Å². The molecule has 2 saturated heterocycles. The van der Waals surface area contributed by atoms with Crippen molar-refractivity contribution in [2.45, 2.75) is 6.54 Å². The van der Waals surface area contributed by atoms with Gasteiger partial charge in [0, 0.05) is 42.5 Å². The summed E-state index contributed by atoms with van der Waals surface area (Å²) >= 11 is 4.88. The van der Waals surface area contributed by atoms with Crippen molar-refractivity contribution in [3.63, 3.8) is 0 Å². The van der Waals surface area contributed by atoms with E-state index >= 15 is 0 Å². The van der Waals surface area contributed by atoms with E-state index in [2.05, 4.69) is 51.3 Å². The highest BCUT2D eigenvalue weighted by Gasteiger charge is 2.41. The van der Waals surface area contributed by atoms with Crippen LogP contribution in [0.15, 0.2) is 22.7 Å². The molecule has 0 radical (unpaired) electrons. The maximum atomic E-state index is 13.7. The number of halogens is 2. The van der Waals surface area contributed by atoms with Crippen LogP contribution < -0.4 is 9.80 Å². The summed E-state index contributed by atoms with van der Waals surface area (Å²) in [5.74, 6) is -0.0901. The average molecular weight is 495 g/mol. The zero-order valence-electron chi connectivity index (χ0n) is 15.5. The number of hydrogen-bond acceptors (Lipinski definition) is 9. The van der Waals surface area contributed by atoms with Crippen LogP contribution in [0.2, 0.25) is 0 Å². The van der Waals surface area contributed by atoms with E-state index in [1.165, 1.54) is 17.4 Å². The van der Waals surface area contributed by atoms with Crippen LogP contribution in [0.3, 0.4) is 0 Å². The lowest BCUT2D eigenvalue weighted by molar-refractivity contribution is -0.138. The summed E-state index contributed by atoms with van der Waals surface area (Å²) in [5, 5.41) is 30.1. The number of tetrazole rings is 1. The molecule has 10 nitrogen and oxygen atoms in total. The standard InChI is InChI=1S/C17H16BrFN8O2S/c18-12-2-1-11(19)3-13(12)25-4-9-6-26(7-10(9)5-25)17-22-21-16(30-17)15-20-24-27(23-15)8-14(28)29/h1-3,9-10H,4-8H2,(H,28,29). The Morgan fingerprint density at radius 1 is 1.17 bits per heavy atom. The molecule has 2 aromatic heterocycles. The molecule has 3 aromatic rings. The highest BCUT2D eigenvalue weighted by molar-refractivity contribution is 9.10. The van der Waals surface area contributed by atoms with E-state index in [4.69, 9.17) is 5.11 Å². The number of aromatic nitrogens is 6. The van der Waals surface area contributed by atoms with Crippen LogP contribution in [0, 0.1) is 17.7 Å². The molecule has 156 valence electrons. The van der Waals surface area contributed by atoms with Crippen LogP contribution in [0.4, 0.5) is 15.2 Å². The van der Waals surface area contributed by atoms with Gasteiger partial charge in [-0.1, -0.05) is 11.3 Å². The van der Waals surface area contributed by atoms with Crippen LogP contribution in [-0.4, -0.2) is 67.7 Å². The molecule has 2 unspecified atom stereocenters. The quantitative estimate of drug-likeness (QED) is 0.566. The number of fused-ring (bicyclic) bond motifs is 1. The number of anilines is 2. The number of rotatable bonds is 5. The Kier molecular flexibility index (Phi) is 4.85. The summed E-state index contributed by atoms with van der Waals surface area (Å²) in [5.41, 5.74) is 0.893. The van der Waals surface area contributed by atoms with Crippen molar-refractivity contribution in [3.05, 3.63) is 28.5 Å². The summed E-state index contributed by atoms with van der Waals surface area (Å²) in [4.78, 5) is 16.2. The molecular formula is C17H16BrFN8O2S. The number of nitrogens with zero attached hydrogens (tertiary/aromatic N) is 8. The molecule has 2 atom stereocenters. The first-order valence-electron chi connectivity index (χ1n) is 9.24. The summed E-state index contributed by atoms with van der Waals surface area (Å²) < 4.78 is 14.6. The Bertz CT molecular complexity index is 1090. The number of benzene rings is 1. The molecule has 0 bridgehead atoms. The first kappa shape index (κ1) is 19.3. The smallest absolute Gasteiger partial charge is 0.327 e. The lowest BCUT2D eigenvalue weighted by Gasteiger charge is -2.23. The fourth-order valence-corrected chi connectivity index (χ4v) is 5.31. The van der Waals surface area contributed by atoms with Crippen molar-refractivity contribution >= 4 is 44.1 Å². The van der Waals surface area contributed by atoms with Gasteiger partial charge in [-0.2, -0.15) is 4.80 Å². The summed E-state index contributed by atoms with van der Waals surface area (Å²) in [6, 6.07) is 4.77. The van der Waals surface area contributed by atoms with Gasteiger partial charge in [0.15, 0.2) is 11.6 Å². The zero-order valence-corrected chi connectivity index (χ0v) is 17.9. The van der Waals surface area contributed by atoms with Crippen molar-refractivity contribution in [2.24, 2.45) is 11.8 Å². The molecule has 4 heterocycles. The predicted octanol–water partition coefficient (Wildman–Crippen LogP) is 1.75. The zero-order chi connectivity index (χ0) is 20.8. The highest BCUT2D eigenvalue weighted by Crippen LogP contribution is 2.39. The lowest BCUT2D eigenvalue weighted by atomic mass is 10.0. The van der Waals surface area contributed by atoms with Gasteiger partial charge in [-0.15, -0.1) is 20.4 Å². The van der Waals surface area contributed by atoms with Gasteiger partial charge in [0.1, 0.15) is 5.82 Å². The van der Waals surface area contributed by atoms with Gasteiger partial charge in [-0.25, -0.2) is 4.39 Å². The fraction of sp³-hybridized carbons (Fsp3) is 0.412. The largest absolute Gasteiger partial charge is 0.480 e. The number of carboxylic acid groups (broad SMARTS) is 1. The Balaban J connectivity index is 1.25. The lowest BCUT2D eigenvalue weighted by Crippen LogP contribution is -2.28. The van der Waals surface area contributed by atoms with Gasteiger partial charge in [-0.05, 0) is 39.3 Å². The molecule has 0 amide bonds. The van der Waals surface area contributed by atoms with Crippen LogP contribution in [0.25, 0.3) is 10.8 Å².